The summed E-state index contributed by atoms with van der Waals surface area (Å²) in [5.41, 5.74) is -0.332. The van der Waals surface area contributed by atoms with Crippen molar-refractivity contribution < 1.29 is 4.79 Å². The number of thioether (sulfide) groups is 1. The molecule has 1 N–H and O–H groups in total. The Morgan fingerprint density at radius 1 is 1.31 bits per heavy atom. The summed E-state index contributed by atoms with van der Waals surface area (Å²) in [6, 6.07) is 9.67. The van der Waals surface area contributed by atoms with Crippen molar-refractivity contribution in [2.24, 2.45) is 5.92 Å². The van der Waals surface area contributed by atoms with Gasteiger partial charge < -0.3 is 5.32 Å². The third-order valence-corrected chi connectivity index (χ3v) is 6.95. The first-order chi connectivity index (χ1) is 13.8. The van der Waals surface area contributed by atoms with Crippen molar-refractivity contribution in [3.63, 3.8) is 0 Å². The van der Waals surface area contributed by atoms with Gasteiger partial charge in [0.05, 0.1) is 22.2 Å². The van der Waals surface area contributed by atoms with Crippen LogP contribution in [0.4, 0.5) is 0 Å². The molecule has 1 saturated carbocycles. The number of para-hydroxylation sites is 1. The van der Waals surface area contributed by atoms with Crippen molar-refractivity contribution in [3.8, 4) is 6.07 Å². The molecule has 0 unspecified atom stereocenters. The first kappa shape index (κ1) is 21.4. The predicted molar refractivity (Wildman–Crippen MR) is 116 cm³/mol. The molecule has 3 rings (SSSR count). The van der Waals surface area contributed by atoms with Gasteiger partial charge in [-0.15, -0.1) is 0 Å². The molecule has 0 saturated heterocycles. The molecule has 2 aromatic rings. The zero-order chi connectivity index (χ0) is 21.2. The van der Waals surface area contributed by atoms with Gasteiger partial charge in [-0.05, 0) is 44.7 Å². The van der Waals surface area contributed by atoms with E-state index in [1.807, 2.05) is 38.1 Å². The molecule has 2 atom stereocenters. The molecule has 1 fully saturated rings. The van der Waals surface area contributed by atoms with Crippen molar-refractivity contribution >= 4 is 28.6 Å². The van der Waals surface area contributed by atoms with E-state index in [2.05, 4.69) is 11.4 Å². The van der Waals surface area contributed by atoms with Crippen LogP contribution in [0.25, 0.3) is 10.9 Å². The minimum Gasteiger partial charge on any atom is -0.337 e. The average Bonchev–Trinajstić information content (AvgIpc) is 3.22. The van der Waals surface area contributed by atoms with E-state index in [1.54, 1.807) is 18.4 Å². The summed E-state index contributed by atoms with van der Waals surface area (Å²) in [6.45, 7) is 7.34. The number of nitrogens with one attached hydrogen (secondary N) is 1. The Kier molecular flexibility index (Phi) is 6.33. The molecule has 7 heteroatoms. The van der Waals surface area contributed by atoms with Crippen molar-refractivity contribution in [1.82, 2.24) is 14.9 Å². The minimum atomic E-state index is -0.937. The van der Waals surface area contributed by atoms with Crippen LogP contribution in [0.1, 0.15) is 59.4 Å². The Morgan fingerprint density at radius 2 is 1.97 bits per heavy atom. The lowest BCUT2D eigenvalue weighted by molar-refractivity contribution is -0.121. The van der Waals surface area contributed by atoms with Gasteiger partial charge in [0.1, 0.15) is 5.54 Å². The lowest BCUT2D eigenvalue weighted by atomic mass is 9.90. The monoisotopic (exact) mass is 412 g/mol. The molecule has 1 aliphatic carbocycles. The predicted octanol–water partition coefficient (Wildman–Crippen LogP) is 4.05. The van der Waals surface area contributed by atoms with Crippen molar-refractivity contribution in [2.75, 3.05) is 0 Å². The van der Waals surface area contributed by atoms with Crippen molar-refractivity contribution in [2.45, 2.75) is 75.4 Å². The molecular weight excluding hydrogens is 384 g/mol. The number of hydrogen-bond donors (Lipinski definition) is 1. The second kappa shape index (κ2) is 8.58. The number of carbonyl (C=O) groups excluding carboxylic acids is 1. The number of nitrogens with zero attached hydrogens (tertiary/aromatic N) is 3. The SMILES string of the molecule is CC(C)[C@](C)(C#N)NC(=O)[C@@H](C)Sc1nc2ccccc2c(=O)n1C1CCCC1. The van der Waals surface area contributed by atoms with Gasteiger partial charge in [-0.25, -0.2) is 4.98 Å². The maximum absolute atomic E-state index is 13.2. The number of carbonyl (C=O) groups is 1. The van der Waals surface area contributed by atoms with Crippen molar-refractivity contribution in [3.05, 3.63) is 34.6 Å². The summed E-state index contributed by atoms with van der Waals surface area (Å²) in [5.74, 6) is -0.253. The molecule has 6 nitrogen and oxygen atoms in total. The average molecular weight is 413 g/mol. The van der Waals surface area contributed by atoms with E-state index in [4.69, 9.17) is 4.98 Å². The molecule has 1 amide bonds. The van der Waals surface area contributed by atoms with Crippen LogP contribution >= 0.6 is 11.8 Å². The Balaban J connectivity index is 1.94. The van der Waals surface area contributed by atoms with Gasteiger partial charge >= 0.3 is 0 Å². The molecule has 154 valence electrons. The van der Waals surface area contributed by atoms with Crippen molar-refractivity contribution in [1.29, 1.82) is 5.26 Å². The molecule has 0 bridgehead atoms. The Morgan fingerprint density at radius 3 is 2.59 bits per heavy atom. The summed E-state index contributed by atoms with van der Waals surface area (Å²) in [4.78, 5) is 30.8. The van der Waals surface area contributed by atoms with E-state index in [9.17, 15) is 14.9 Å². The largest absolute Gasteiger partial charge is 0.337 e. The Hall–Kier alpha value is -2.33. The van der Waals surface area contributed by atoms with Crippen LogP contribution in [-0.4, -0.2) is 26.2 Å². The van der Waals surface area contributed by atoms with Crippen LogP contribution in [0.15, 0.2) is 34.2 Å². The van der Waals surface area contributed by atoms with E-state index in [-0.39, 0.29) is 23.4 Å². The van der Waals surface area contributed by atoms with Gasteiger partial charge in [0.25, 0.3) is 5.56 Å². The number of fused-ring (bicyclic) bond motifs is 1. The highest BCUT2D eigenvalue weighted by atomic mass is 32.2. The maximum atomic E-state index is 13.2. The quantitative estimate of drug-likeness (QED) is 0.571. The Labute approximate surface area is 175 Å². The fourth-order valence-corrected chi connectivity index (χ4v) is 4.54. The molecule has 0 spiro atoms. The second-order valence-corrected chi connectivity index (χ2v) is 9.55. The first-order valence-electron chi connectivity index (χ1n) is 10.2. The smallest absolute Gasteiger partial charge is 0.262 e. The lowest BCUT2D eigenvalue weighted by Crippen LogP contribution is -2.51. The molecule has 29 heavy (non-hydrogen) atoms. The highest BCUT2D eigenvalue weighted by Gasteiger charge is 2.33. The Bertz CT molecular complexity index is 1000. The van der Waals surface area contributed by atoms with E-state index in [0.717, 1.165) is 25.7 Å². The fraction of sp³-hybridized carbons (Fsp3) is 0.545. The minimum absolute atomic E-state index is 0.0240. The summed E-state index contributed by atoms with van der Waals surface area (Å²) >= 11 is 1.29. The van der Waals surface area contributed by atoms with Gasteiger partial charge in [0, 0.05) is 6.04 Å². The topological polar surface area (TPSA) is 87.8 Å². The summed E-state index contributed by atoms with van der Waals surface area (Å²) in [5, 5.41) is 13.1. The zero-order valence-electron chi connectivity index (χ0n) is 17.4. The molecule has 0 radical (unpaired) electrons. The van der Waals surface area contributed by atoms with Crippen LogP contribution in [-0.2, 0) is 4.79 Å². The van der Waals surface area contributed by atoms with E-state index in [1.165, 1.54) is 11.8 Å². The van der Waals surface area contributed by atoms with E-state index < -0.39 is 10.8 Å². The first-order valence-corrected chi connectivity index (χ1v) is 11.1. The van der Waals surface area contributed by atoms with Gasteiger partial charge in [-0.2, -0.15) is 5.26 Å². The third-order valence-electron chi connectivity index (χ3n) is 5.89. The van der Waals surface area contributed by atoms with Crippen LogP contribution in [0.3, 0.4) is 0 Å². The number of rotatable bonds is 6. The van der Waals surface area contributed by atoms with Gasteiger partial charge in [-0.3, -0.25) is 14.2 Å². The maximum Gasteiger partial charge on any atom is 0.262 e. The molecule has 0 aliphatic heterocycles. The summed E-state index contributed by atoms with van der Waals surface area (Å²) in [6.07, 6.45) is 4.10. The standard InChI is InChI=1S/C22H28N4O2S/c1-14(2)22(4,13-23)25-19(27)15(3)29-21-24-18-12-8-7-11-17(18)20(28)26(21)16-9-5-6-10-16/h7-8,11-12,14-16H,5-6,9-10H2,1-4H3,(H,25,27)/t15-,22+/m1/s1. The second-order valence-electron chi connectivity index (χ2n) is 8.24. The number of hydrogen-bond acceptors (Lipinski definition) is 5. The molecular formula is C22H28N4O2S. The molecule has 1 heterocycles. The van der Waals surface area contributed by atoms with Gasteiger partial charge in [0.15, 0.2) is 5.16 Å². The third kappa shape index (κ3) is 4.32. The van der Waals surface area contributed by atoms with Crippen LogP contribution < -0.4 is 10.9 Å². The molecule has 1 aromatic heterocycles. The summed E-state index contributed by atoms with van der Waals surface area (Å²) < 4.78 is 1.79. The van der Waals surface area contributed by atoms with Crippen LogP contribution in [0.2, 0.25) is 0 Å². The van der Waals surface area contributed by atoms with Gasteiger partial charge in [-0.1, -0.05) is 50.6 Å². The highest BCUT2D eigenvalue weighted by Crippen LogP contribution is 2.33. The van der Waals surface area contributed by atoms with Crippen LogP contribution in [0, 0.1) is 17.2 Å². The number of amides is 1. The number of aromatic nitrogens is 2. The number of benzene rings is 1. The highest BCUT2D eigenvalue weighted by molar-refractivity contribution is 8.00. The zero-order valence-corrected chi connectivity index (χ0v) is 18.3. The normalized spacial score (nSPS) is 17.8. The molecule has 1 aliphatic rings. The number of nitriles is 1. The molecule has 1 aromatic carbocycles. The fourth-order valence-electron chi connectivity index (χ4n) is 3.56. The van der Waals surface area contributed by atoms with Crippen LogP contribution in [0.5, 0.6) is 0 Å². The lowest BCUT2D eigenvalue weighted by Gasteiger charge is -2.29. The van der Waals surface area contributed by atoms with E-state index >= 15 is 0 Å². The van der Waals surface area contributed by atoms with Gasteiger partial charge in [0.2, 0.25) is 5.91 Å². The van der Waals surface area contributed by atoms with E-state index in [0.29, 0.717) is 16.1 Å². The summed E-state index contributed by atoms with van der Waals surface area (Å²) in [7, 11) is 0.